The van der Waals surface area contributed by atoms with Gasteiger partial charge in [0.2, 0.25) is 5.91 Å². The number of aliphatic carboxylic acids is 1. The highest BCUT2D eigenvalue weighted by molar-refractivity contribution is 7.99. The summed E-state index contributed by atoms with van der Waals surface area (Å²) in [5.74, 6) is -0.358. The number of fused-ring (bicyclic) bond motifs is 1. The molecule has 1 fully saturated rings. The number of carbonyl (C=O) groups excluding carboxylic acids is 1. The molecule has 1 aromatic rings. The molecule has 4 nitrogen and oxygen atoms in total. The lowest BCUT2D eigenvalue weighted by Crippen LogP contribution is -2.49. The minimum atomic E-state index is -0.878. The van der Waals surface area contributed by atoms with E-state index >= 15 is 0 Å². The number of carboxylic acids is 1. The van der Waals surface area contributed by atoms with Gasteiger partial charge >= 0.3 is 5.97 Å². The highest BCUT2D eigenvalue weighted by atomic mass is 32.2. The molecule has 1 amide bonds. The molecular weight excluding hydrogens is 274 g/mol. The monoisotopic (exact) mass is 291 g/mol. The van der Waals surface area contributed by atoms with Crippen molar-refractivity contribution in [2.45, 2.75) is 36.1 Å². The third kappa shape index (κ3) is 2.30. The first-order valence-electron chi connectivity index (χ1n) is 6.93. The van der Waals surface area contributed by atoms with Crippen molar-refractivity contribution < 1.29 is 14.7 Å². The number of benzene rings is 1. The van der Waals surface area contributed by atoms with Gasteiger partial charge in [0.05, 0.1) is 5.92 Å². The standard InChI is InChI=1S/C15H17NO3S/c17-14(16-8-4-3-6-12(16)15(18)19)11-9-20-13-7-2-1-5-10(11)13/h1-2,5,7,11-12H,3-4,6,8-9H2,(H,18,19)/t11-,12-/m1/s1. The molecule has 0 saturated carbocycles. The molecule has 2 atom stereocenters. The van der Waals surface area contributed by atoms with Crippen molar-refractivity contribution in [3.8, 4) is 0 Å². The first-order valence-corrected chi connectivity index (χ1v) is 7.92. The van der Waals surface area contributed by atoms with Gasteiger partial charge in [-0.1, -0.05) is 18.2 Å². The van der Waals surface area contributed by atoms with Gasteiger partial charge in [0, 0.05) is 17.2 Å². The molecule has 0 unspecified atom stereocenters. The van der Waals surface area contributed by atoms with Crippen LogP contribution in [0.15, 0.2) is 29.2 Å². The van der Waals surface area contributed by atoms with Crippen molar-refractivity contribution in [2.75, 3.05) is 12.3 Å². The third-order valence-electron chi connectivity index (χ3n) is 4.07. The van der Waals surface area contributed by atoms with E-state index < -0.39 is 12.0 Å². The molecule has 0 aliphatic carbocycles. The van der Waals surface area contributed by atoms with Gasteiger partial charge in [0.1, 0.15) is 6.04 Å². The minimum absolute atomic E-state index is 0.0189. The lowest BCUT2D eigenvalue weighted by atomic mass is 9.95. The Morgan fingerprint density at radius 1 is 1.25 bits per heavy atom. The van der Waals surface area contributed by atoms with Gasteiger partial charge in [0.15, 0.2) is 0 Å². The minimum Gasteiger partial charge on any atom is -0.480 e. The number of rotatable bonds is 2. The van der Waals surface area contributed by atoms with Gasteiger partial charge in [0.25, 0.3) is 0 Å². The van der Waals surface area contributed by atoms with E-state index in [4.69, 9.17) is 0 Å². The number of hydrogen-bond donors (Lipinski definition) is 1. The number of hydrogen-bond acceptors (Lipinski definition) is 3. The van der Waals surface area contributed by atoms with Crippen LogP contribution in [0, 0.1) is 0 Å². The Balaban J connectivity index is 1.84. The van der Waals surface area contributed by atoms with Crippen LogP contribution in [-0.4, -0.2) is 40.2 Å². The van der Waals surface area contributed by atoms with E-state index in [0.717, 1.165) is 29.1 Å². The summed E-state index contributed by atoms with van der Waals surface area (Å²) in [6.07, 6.45) is 2.36. The predicted octanol–water partition coefficient (Wildman–Crippen LogP) is 2.34. The van der Waals surface area contributed by atoms with E-state index in [-0.39, 0.29) is 11.8 Å². The lowest BCUT2D eigenvalue weighted by molar-refractivity contribution is -0.152. The largest absolute Gasteiger partial charge is 0.480 e. The molecule has 1 N–H and O–H groups in total. The van der Waals surface area contributed by atoms with Crippen LogP contribution in [0.3, 0.4) is 0 Å². The van der Waals surface area contributed by atoms with Crippen LogP contribution in [0.25, 0.3) is 0 Å². The Morgan fingerprint density at radius 3 is 2.85 bits per heavy atom. The number of thioether (sulfide) groups is 1. The van der Waals surface area contributed by atoms with E-state index in [9.17, 15) is 14.7 Å². The van der Waals surface area contributed by atoms with Crippen LogP contribution in [-0.2, 0) is 9.59 Å². The van der Waals surface area contributed by atoms with E-state index in [1.807, 2.05) is 24.3 Å². The fourth-order valence-corrected chi connectivity index (χ4v) is 4.24. The summed E-state index contributed by atoms with van der Waals surface area (Å²) >= 11 is 1.68. The Labute approximate surface area is 122 Å². The average Bonchev–Trinajstić information content (AvgIpc) is 2.90. The quantitative estimate of drug-likeness (QED) is 0.908. The Kier molecular flexibility index (Phi) is 3.70. The maximum absolute atomic E-state index is 12.7. The zero-order chi connectivity index (χ0) is 14.1. The molecule has 0 bridgehead atoms. The second-order valence-electron chi connectivity index (χ2n) is 5.28. The van der Waals surface area contributed by atoms with Crippen molar-refractivity contribution in [3.05, 3.63) is 29.8 Å². The molecule has 2 aliphatic heterocycles. The molecule has 1 saturated heterocycles. The van der Waals surface area contributed by atoms with E-state index in [1.54, 1.807) is 16.7 Å². The molecular formula is C15H17NO3S. The van der Waals surface area contributed by atoms with Gasteiger partial charge in [-0.25, -0.2) is 4.79 Å². The van der Waals surface area contributed by atoms with Crippen molar-refractivity contribution >= 4 is 23.6 Å². The highest BCUT2D eigenvalue weighted by Gasteiger charge is 2.38. The molecule has 2 aliphatic rings. The predicted molar refractivity (Wildman–Crippen MR) is 76.9 cm³/mol. The van der Waals surface area contributed by atoms with Crippen LogP contribution in [0.5, 0.6) is 0 Å². The van der Waals surface area contributed by atoms with Crippen LogP contribution in [0.2, 0.25) is 0 Å². The average molecular weight is 291 g/mol. The molecule has 5 heteroatoms. The zero-order valence-electron chi connectivity index (χ0n) is 11.1. The third-order valence-corrected chi connectivity index (χ3v) is 5.25. The summed E-state index contributed by atoms with van der Waals surface area (Å²) in [5, 5.41) is 9.30. The highest BCUT2D eigenvalue weighted by Crippen LogP contribution is 2.40. The lowest BCUT2D eigenvalue weighted by Gasteiger charge is -2.34. The molecule has 0 spiro atoms. The first kappa shape index (κ1) is 13.5. The summed E-state index contributed by atoms with van der Waals surface area (Å²) < 4.78 is 0. The summed E-state index contributed by atoms with van der Waals surface area (Å²) in [6.45, 7) is 0.569. The number of nitrogens with zero attached hydrogens (tertiary/aromatic N) is 1. The van der Waals surface area contributed by atoms with Crippen LogP contribution < -0.4 is 0 Å². The van der Waals surface area contributed by atoms with Gasteiger partial charge < -0.3 is 10.0 Å². The normalized spacial score (nSPS) is 25.3. The van der Waals surface area contributed by atoms with Crippen molar-refractivity contribution in [1.82, 2.24) is 4.90 Å². The summed E-state index contributed by atoms with van der Waals surface area (Å²) in [4.78, 5) is 26.8. The van der Waals surface area contributed by atoms with Crippen LogP contribution in [0.4, 0.5) is 0 Å². The van der Waals surface area contributed by atoms with Gasteiger partial charge in [-0.3, -0.25) is 4.79 Å². The topological polar surface area (TPSA) is 57.6 Å². The van der Waals surface area contributed by atoms with Gasteiger partial charge in [-0.15, -0.1) is 11.8 Å². The Hall–Kier alpha value is -1.49. The van der Waals surface area contributed by atoms with E-state index in [1.165, 1.54) is 0 Å². The van der Waals surface area contributed by atoms with Crippen molar-refractivity contribution in [2.24, 2.45) is 0 Å². The molecule has 0 radical (unpaired) electrons. The van der Waals surface area contributed by atoms with Gasteiger partial charge in [-0.2, -0.15) is 0 Å². The fourth-order valence-electron chi connectivity index (χ4n) is 3.02. The van der Waals surface area contributed by atoms with Crippen molar-refractivity contribution in [3.63, 3.8) is 0 Å². The molecule has 106 valence electrons. The Morgan fingerprint density at radius 2 is 2.05 bits per heavy atom. The van der Waals surface area contributed by atoms with Crippen LogP contribution in [0.1, 0.15) is 30.7 Å². The second-order valence-corrected chi connectivity index (χ2v) is 6.34. The fraction of sp³-hybridized carbons (Fsp3) is 0.467. The summed E-state index contributed by atoms with van der Waals surface area (Å²) in [6, 6.07) is 7.28. The Bertz CT molecular complexity index is 546. The number of carbonyl (C=O) groups is 2. The maximum Gasteiger partial charge on any atom is 0.326 e. The van der Waals surface area contributed by atoms with Crippen LogP contribution >= 0.6 is 11.8 Å². The van der Waals surface area contributed by atoms with E-state index in [0.29, 0.717) is 13.0 Å². The number of amides is 1. The molecule has 20 heavy (non-hydrogen) atoms. The molecule has 2 heterocycles. The van der Waals surface area contributed by atoms with Gasteiger partial charge in [-0.05, 0) is 30.9 Å². The summed E-state index contributed by atoms with van der Waals surface area (Å²) in [5.41, 5.74) is 1.05. The summed E-state index contributed by atoms with van der Waals surface area (Å²) in [7, 11) is 0. The SMILES string of the molecule is O=C(O)[C@H]1CCCCN1C(=O)[C@@H]1CSc2ccccc21. The number of piperidine rings is 1. The zero-order valence-corrected chi connectivity index (χ0v) is 11.9. The smallest absolute Gasteiger partial charge is 0.326 e. The second kappa shape index (κ2) is 5.48. The number of carboxylic acid groups (broad SMARTS) is 1. The number of likely N-dealkylation sites (tertiary alicyclic amines) is 1. The van der Waals surface area contributed by atoms with E-state index in [2.05, 4.69) is 0 Å². The van der Waals surface area contributed by atoms with Crippen molar-refractivity contribution in [1.29, 1.82) is 0 Å². The first-order chi connectivity index (χ1) is 9.68. The maximum atomic E-state index is 12.7. The molecule has 1 aromatic carbocycles. The molecule has 3 rings (SSSR count). The molecule has 0 aromatic heterocycles.